The molecule has 0 radical (unpaired) electrons. The largest absolute Gasteiger partial charge is 0.330 e. The van der Waals surface area contributed by atoms with E-state index in [2.05, 4.69) is 13.8 Å². The highest BCUT2D eigenvalue weighted by molar-refractivity contribution is 4.76. The van der Waals surface area contributed by atoms with Gasteiger partial charge in [0.15, 0.2) is 0 Å². The highest BCUT2D eigenvalue weighted by Gasteiger charge is 2.23. The Morgan fingerprint density at radius 3 is 2.36 bits per heavy atom. The van der Waals surface area contributed by atoms with E-state index >= 15 is 0 Å². The minimum atomic E-state index is 0.846. The molecule has 0 unspecified atom stereocenters. The number of hydrogen-bond donors (Lipinski definition) is 1. The van der Waals surface area contributed by atoms with Gasteiger partial charge in [-0.25, -0.2) is 0 Å². The molecule has 1 rings (SSSR count). The van der Waals surface area contributed by atoms with Crippen molar-refractivity contribution in [2.45, 2.75) is 39.5 Å². The molecule has 0 aromatic rings. The molecular formula is C10H21N. The van der Waals surface area contributed by atoms with Crippen molar-refractivity contribution in [2.75, 3.05) is 6.54 Å². The zero-order valence-electron chi connectivity index (χ0n) is 7.84. The van der Waals surface area contributed by atoms with E-state index in [-0.39, 0.29) is 0 Å². The third kappa shape index (κ3) is 2.82. The Kier molecular flexibility index (Phi) is 3.38. The maximum atomic E-state index is 5.63. The van der Waals surface area contributed by atoms with Crippen molar-refractivity contribution in [3.63, 3.8) is 0 Å². The fourth-order valence-corrected chi connectivity index (χ4v) is 2.27. The molecule has 1 aliphatic rings. The summed E-state index contributed by atoms with van der Waals surface area (Å²) in [5.74, 6) is 2.71. The maximum absolute atomic E-state index is 5.63. The summed E-state index contributed by atoms with van der Waals surface area (Å²) in [5, 5.41) is 0. The average Bonchev–Trinajstić information content (AvgIpc) is 2.34. The van der Waals surface area contributed by atoms with Crippen LogP contribution in [0.3, 0.4) is 0 Å². The zero-order chi connectivity index (χ0) is 8.27. The summed E-state index contributed by atoms with van der Waals surface area (Å²) in [7, 11) is 0. The third-order valence-electron chi connectivity index (χ3n) is 2.79. The highest BCUT2D eigenvalue weighted by atomic mass is 14.6. The first-order valence-electron chi connectivity index (χ1n) is 4.92. The lowest BCUT2D eigenvalue weighted by Crippen LogP contribution is -2.11. The van der Waals surface area contributed by atoms with E-state index in [1.807, 2.05) is 0 Å². The van der Waals surface area contributed by atoms with Crippen molar-refractivity contribution >= 4 is 0 Å². The molecule has 0 heterocycles. The zero-order valence-corrected chi connectivity index (χ0v) is 7.84. The second-order valence-corrected chi connectivity index (χ2v) is 4.41. The van der Waals surface area contributed by atoms with E-state index in [9.17, 15) is 0 Å². The van der Waals surface area contributed by atoms with Crippen molar-refractivity contribution in [1.29, 1.82) is 0 Å². The average molecular weight is 155 g/mol. The quantitative estimate of drug-likeness (QED) is 0.665. The number of hydrogen-bond acceptors (Lipinski definition) is 1. The fraction of sp³-hybridized carbons (Fsp3) is 1.00. The van der Waals surface area contributed by atoms with Crippen molar-refractivity contribution in [3.05, 3.63) is 0 Å². The van der Waals surface area contributed by atoms with Gasteiger partial charge in [-0.2, -0.15) is 0 Å². The Labute approximate surface area is 70.4 Å². The van der Waals surface area contributed by atoms with Gasteiger partial charge in [-0.15, -0.1) is 0 Å². The molecule has 0 spiro atoms. The topological polar surface area (TPSA) is 26.0 Å². The van der Waals surface area contributed by atoms with Crippen molar-refractivity contribution < 1.29 is 0 Å². The van der Waals surface area contributed by atoms with Crippen LogP contribution in [0.25, 0.3) is 0 Å². The van der Waals surface area contributed by atoms with E-state index in [0.29, 0.717) is 0 Å². The van der Waals surface area contributed by atoms with E-state index < -0.39 is 0 Å². The van der Waals surface area contributed by atoms with E-state index in [1.54, 1.807) is 0 Å². The molecule has 1 nitrogen and oxygen atoms in total. The van der Waals surface area contributed by atoms with Crippen LogP contribution in [0.4, 0.5) is 0 Å². The van der Waals surface area contributed by atoms with Gasteiger partial charge in [0.05, 0.1) is 0 Å². The van der Waals surface area contributed by atoms with E-state index in [1.165, 1.54) is 25.7 Å². The van der Waals surface area contributed by atoms with Crippen LogP contribution in [0.1, 0.15) is 39.5 Å². The molecule has 0 amide bonds. The molecular weight excluding hydrogens is 134 g/mol. The molecule has 66 valence electrons. The van der Waals surface area contributed by atoms with Crippen LogP contribution in [0.15, 0.2) is 0 Å². The lowest BCUT2D eigenvalue weighted by atomic mass is 9.95. The SMILES string of the molecule is CC(C)C[C@H]1CC[C@@H](CN)C1. The lowest BCUT2D eigenvalue weighted by molar-refractivity contribution is 0.404. The van der Waals surface area contributed by atoms with E-state index in [0.717, 1.165) is 24.3 Å². The smallest absolute Gasteiger partial charge is 0.00488 e. The van der Waals surface area contributed by atoms with Crippen LogP contribution >= 0.6 is 0 Å². The van der Waals surface area contributed by atoms with Gasteiger partial charge in [-0.3, -0.25) is 0 Å². The summed E-state index contributed by atoms with van der Waals surface area (Å²) in [6.07, 6.45) is 5.62. The Hall–Kier alpha value is -0.0400. The van der Waals surface area contributed by atoms with Gasteiger partial charge in [0.2, 0.25) is 0 Å². The monoisotopic (exact) mass is 155 g/mol. The second-order valence-electron chi connectivity index (χ2n) is 4.41. The standard InChI is InChI=1S/C10H21N/c1-8(2)5-9-3-4-10(6-9)7-11/h8-10H,3-7,11H2,1-2H3/t9-,10-/m1/s1. The first-order valence-corrected chi connectivity index (χ1v) is 4.92. The Balaban J connectivity index is 2.19. The van der Waals surface area contributed by atoms with Gasteiger partial charge in [-0.1, -0.05) is 20.3 Å². The number of nitrogens with two attached hydrogens (primary N) is 1. The lowest BCUT2D eigenvalue weighted by Gasteiger charge is -2.12. The van der Waals surface area contributed by atoms with Crippen LogP contribution in [0.2, 0.25) is 0 Å². The number of rotatable bonds is 3. The Morgan fingerprint density at radius 1 is 1.27 bits per heavy atom. The molecule has 0 bridgehead atoms. The molecule has 1 aliphatic carbocycles. The summed E-state index contributed by atoms with van der Waals surface area (Å²) in [4.78, 5) is 0. The van der Waals surface area contributed by atoms with Gasteiger partial charge in [0, 0.05) is 0 Å². The maximum Gasteiger partial charge on any atom is -0.00488 e. The van der Waals surface area contributed by atoms with Gasteiger partial charge in [0.1, 0.15) is 0 Å². The predicted molar refractivity (Wildman–Crippen MR) is 49.3 cm³/mol. The predicted octanol–water partition coefficient (Wildman–Crippen LogP) is 2.41. The van der Waals surface area contributed by atoms with Crippen molar-refractivity contribution in [1.82, 2.24) is 0 Å². The Bertz CT molecular complexity index is 109. The molecule has 0 saturated heterocycles. The van der Waals surface area contributed by atoms with Gasteiger partial charge >= 0.3 is 0 Å². The van der Waals surface area contributed by atoms with Gasteiger partial charge < -0.3 is 5.73 Å². The van der Waals surface area contributed by atoms with Gasteiger partial charge in [-0.05, 0) is 43.6 Å². The van der Waals surface area contributed by atoms with Gasteiger partial charge in [0.25, 0.3) is 0 Å². The summed E-state index contributed by atoms with van der Waals surface area (Å²) in [5.41, 5.74) is 5.63. The molecule has 0 aromatic heterocycles. The van der Waals surface area contributed by atoms with Crippen LogP contribution in [-0.4, -0.2) is 6.54 Å². The summed E-state index contributed by atoms with van der Waals surface area (Å²) in [6, 6.07) is 0. The Morgan fingerprint density at radius 2 is 1.91 bits per heavy atom. The summed E-state index contributed by atoms with van der Waals surface area (Å²) < 4.78 is 0. The molecule has 0 aromatic carbocycles. The fourth-order valence-electron chi connectivity index (χ4n) is 2.27. The molecule has 2 atom stereocenters. The summed E-state index contributed by atoms with van der Waals surface area (Å²) in [6.45, 7) is 5.54. The normalized spacial score (nSPS) is 31.6. The van der Waals surface area contributed by atoms with Crippen molar-refractivity contribution in [2.24, 2.45) is 23.5 Å². The molecule has 1 fully saturated rings. The molecule has 2 N–H and O–H groups in total. The highest BCUT2D eigenvalue weighted by Crippen LogP contribution is 2.34. The van der Waals surface area contributed by atoms with Crippen LogP contribution in [0.5, 0.6) is 0 Å². The first-order chi connectivity index (χ1) is 5.22. The molecule has 0 aliphatic heterocycles. The van der Waals surface area contributed by atoms with Crippen LogP contribution in [-0.2, 0) is 0 Å². The summed E-state index contributed by atoms with van der Waals surface area (Å²) >= 11 is 0. The van der Waals surface area contributed by atoms with Crippen LogP contribution < -0.4 is 5.73 Å². The van der Waals surface area contributed by atoms with Crippen molar-refractivity contribution in [3.8, 4) is 0 Å². The first kappa shape index (κ1) is 9.05. The van der Waals surface area contributed by atoms with E-state index in [4.69, 9.17) is 5.73 Å². The molecule has 1 heteroatoms. The second kappa shape index (κ2) is 4.10. The minimum Gasteiger partial charge on any atom is -0.330 e. The third-order valence-corrected chi connectivity index (χ3v) is 2.79. The molecule has 1 saturated carbocycles. The van der Waals surface area contributed by atoms with Crippen LogP contribution in [0, 0.1) is 17.8 Å². The minimum absolute atomic E-state index is 0.846. The molecule has 11 heavy (non-hydrogen) atoms.